The molecule has 10 nitrogen and oxygen atoms in total. The van der Waals surface area contributed by atoms with Crippen LogP contribution in [0.2, 0.25) is 0 Å². The Morgan fingerprint density at radius 2 is 1.77 bits per heavy atom. The highest BCUT2D eigenvalue weighted by Crippen LogP contribution is 2.30. The number of nitro groups is 1. The number of nitrogens with zero attached hydrogens (tertiary/aromatic N) is 2. The number of nitro benzene ring substituents is 1. The number of ether oxygens (including phenoxy) is 3. The van der Waals surface area contributed by atoms with E-state index in [1.54, 1.807) is 55.5 Å². The van der Waals surface area contributed by atoms with Crippen molar-refractivity contribution in [1.82, 2.24) is 5.43 Å². The Hall–Kier alpha value is -4.25. The first kappa shape index (κ1) is 25.4. The molecule has 0 spiro atoms. The molecule has 0 radical (unpaired) electrons. The molecule has 35 heavy (non-hydrogen) atoms. The van der Waals surface area contributed by atoms with Crippen LogP contribution in [0, 0.1) is 10.1 Å². The Morgan fingerprint density at radius 1 is 1.03 bits per heavy atom. The van der Waals surface area contributed by atoms with Crippen molar-refractivity contribution in [2.75, 3.05) is 13.2 Å². The molecular weight excluding hydrogens is 522 g/mol. The zero-order valence-corrected chi connectivity index (χ0v) is 20.1. The number of amides is 1. The molecule has 3 aromatic rings. The van der Waals surface area contributed by atoms with Gasteiger partial charge in [-0.2, -0.15) is 5.10 Å². The molecule has 0 fully saturated rings. The molecule has 0 heterocycles. The smallest absolute Gasteiger partial charge is 0.343 e. The molecule has 11 heteroatoms. The number of hydrazone groups is 1. The summed E-state index contributed by atoms with van der Waals surface area (Å²) < 4.78 is 16.7. The molecular formula is C24H20BrN3O7. The van der Waals surface area contributed by atoms with Crippen LogP contribution in [-0.4, -0.2) is 36.2 Å². The zero-order valence-electron chi connectivity index (χ0n) is 18.5. The van der Waals surface area contributed by atoms with E-state index in [0.29, 0.717) is 28.0 Å². The third kappa shape index (κ3) is 7.37. The van der Waals surface area contributed by atoms with E-state index in [0.717, 1.165) is 0 Å². The van der Waals surface area contributed by atoms with Crippen LogP contribution in [0.4, 0.5) is 5.69 Å². The Balaban J connectivity index is 1.58. The van der Waals surface area contributed by atoms with Crippen LogP contribution in [0.5, 0.6) is 17.2 Å². The van der Waals surface area contributed by atoms with Gasteiger partial charge in [0.1, 0.15) is 5.75 Å². The van der Waals surface area contributed by atoms with Crippen molar-refractivity contribution in [2.24, 2.45) is 5.10 Å². The highest BCUT2D eigenvalue weighted by molar-refractivity contribution is 9.10. The molecule has 0 aliphatic rings. The maximum Gasteiger partial charge on any atom is 0.343 e. The van der Waals surface area contributed by atoms with Gasteiger partial charge in [-0.3, -0.25) is 14.9 Å². The quantitative estimate of drug-likeness (QED) is 0.131. The molecule has 180 valence electrons. The molecule has 0 atom stereocenters. The molecule has 0 saturated carbocycles. The Bertz CT molecular complexity index is 1250. The number of hydrogen-bond acceptors (Lipinski definition) is 8. The highest BCUT2D eigenvalue weighted by Gasteiger charge is 2.13. The summed E-state index contributed by atoms with van der Waals surface area (Å²) in [6, 6.07) is 17.4. The van der Waals surface area contributed by atoms with Crippen LogP contribution >= 0.6 is 15.9 Å². The fraction of sp³-hybridized carbons (Fsp3) is 0.125. The lowest BCUT2D eigenvalue weighted by Gasteiger charge is -2.11. The average Bonchev–Trinajstić information content (AvgIpc) is 2.85. The number of carbonyl (C=O) groups is 2. The first-order valence-electron chi connectivity index (χ1n) is 10.3. The van der Waals surface area contributed by atoms with Gasteiger partial charge in [-0.15, -0.1) is 0 Å². The van der Waals surface area contributed by atoms with Crippen molar-refractivity contribution in [1.29, 1.82) is 0 Å². The van der Waals surface area contributed by atoms with Gasteiger partial charge in [0.2, 0.25) is 0 Å². The van der Waals surface area contributed by atoms with Gasteiger partial charge in [0, 0.05) is 12.1 Å². The second-order valence-electron chi connectivity index (χ2n) is 6.85. The molecule has 0 unspecified atom stereocenters. The van der Waals surface area contributed by atoms with Crippen molar-refractivity contribution < 1.29 is 28.7 Å². The molecule has 3 rings (SSSR count). The number of halogens is 1. The number of esters is 1. The molecule has 1 N–H and O–H groups in total. The van der Waals surface area contributed by atoms with Crippen LogP contribution in [0.15, 0.2) is 76.3 Å². The molecule has 0 saturated heterocycles. The molecule has 0 aliphatic heterocycles. The molecule has 0 bridgehead atoms. The third-order valence-electron chi connectivity index (χ3n) is 4.37. The number of rotatable bonds is 10. The van der Waals surface area contributed by atoms with Gasteiger partial charge < -0.3 is 14.2 Å². The second kappa shape index (κ2) is 12.3. The summed E-state index contributed by atoms with van der Waals surface area (Å²) in [6.07, 6.45) is 1.39. The fourth-order valence-corrected chi connectivity index (χ4v) is 3.25. The van der Waals surface area contributed by atoms with Gasteiger partial charge in [0.25, 0.3) is 11.6 Å². The SMILES string of the molecule is CCOc1cc(/C=N\NC(=O)COc2ccc([N+](=O)[O-])cc2Br)ccc1OC(=O)c1ccccc1. The van der Waals surface area contributed by atoms with Crippen molar-refractivity contribution >= 4 is 39.7 Å². The predicted molar refractivity (Wildman–Crippen MR) is 131 cm³/mol. The minimum atomic E-state index is -0.537. The van der Waals surface area contributed by atoms with E-state index >= 15 is 0 Å². The van der Waals surface area contributed by atoms with E-state index in [1.807, 2.05) is 0 Å². The zero-order chi connectivity index (χ0) is 25.2. The number of carbonyl (C=O) groups excluding carboxylic acids is 2. The van der Waals surface area contributed by atoms with Gasteiger partial charge in [0.05, 0.1) is 27.8 Å². The van der Waals surface area contributed by atoms with E-state index in [2.05, 4.69) is 26.5 Å². The summed E-state index contributed by atoms with van der Waals surface area (Å²) in [4.78, 5) is 34.6. The minimum absolute atomic E-state index is 0.106. The second-order valence-corrected chi connectivity index (χ2v) is 7.70. The lowest BCUT2D eigenvalue weighted by molar-refractivity contribution is -0.385. The van der Waals surface area contributed by atoms with Gasteiger partial charge in [-0.25, -0.2) is 10.2 Å². The lowest BCUT2D eigenvalue weighted by Crippen LogP contribution is -2.24. The normalized spacial score (nSPS) is 10.6. The predicted octanol–water partition coefficient (Wildman–Crippen LogP) is 4.50. The fourth-order valence-electron chi connectivity index (χ4n) is 2.77. The van der Waals surface area contributed by atoms with Crippen LogP contribution in [-0.2, 0) is 4.79 Å². The van der Waals surface area contributed by atoms with Gasteiger partial charge >= 0.3 is 5.97 Å². The summed E-state index contributed by atoms with van der Waals surface area (Å²) in [5.41, 5.74) is 3.22. The van der Waals surface area contributed by atoms with E-state index in [4.69, 9.17) is 14.2 Å². The van der Waals surface area contributed by atoms with Crippen molar-refractivity contribution in [2.45, 2.75) is 6.92 Å². The number of hydrogen-bond donors (Lipinski definition) is 1. The molecule has 1 amide bonds. The number of benzene rings is 3. The first-order valence-corrected chi connectivity index (χ1v) is 11.1. The Morgan fingerprint density at radius 3 is 2.46 bits per heavy atom. The number of non-ortho nitro benzene ring substituents is 1. The highest BCUT2D eigenvalue weighted by atomic mass is 79.9. The van der Waals surface area contributed by atoms with Crippen LogP contribution in [0.25, 0.3) is 0 Å². The third-order valence-corrected chi connectivity index (χ3v) is 4.99. The van der Waals surface area contributed by atoms with Gasteiger partial charge in [0.15, 0.2) is 18.1 Å². The molecule has 0 aromatic heterocycles. The average molecular weight is 542 g/mol. The summed E-state index contributed by atoms with van der Waals surface area (Å²) in [7, 11) is 0. The molecule has 3 aromatic carbocycles. The summed E-state index contributed by atoms with van der Waals surface area (Å²) in [5.74, 6) is -0.177. The first-order chi connectivity index (χ1) is 16.9. The largest absolute Gasteiger partial charge is 0.490 e. The van der Waals surface area contributed by atoms with Crippen molar-refractivity contribution in [3.63, 3.8) is 0 Å². The van der Waals surface area contributed by atoms with E-state index < -0.39 is 16.8 Å². The van der Waals surface area contributed by atoms with E-state index in [9.17, 15) is 19.7 Å². The summed E-state index contributed by atoms with van der Waals surface area (Å²) in [5, 5.41) is 14.7. The Labute approximate surface area is 208 Å². The van der Waals surface area contributed by atoms with Crippen LogP contribution in [0.3, 0.4) is 0 Å². The maximum atomic E-state index is 12.3. The van der Waals surface area contributed by atoms with Crippen molar-refractivity contribution in [3.05, 3.63) is 92.4 Å². The molecule has 0 aliphatic carbocycles. The topological polar surface area (TPSA) is 129 Å². The minimum Gasteiger partial charge on any atom is -0.490 e. The van der Waals surface area contributed by atoms with Crippen LogP contribution in [0.1, 0.15) is 22.8 Å². The standard InChI is InChI=1S/C24H20BrN3O7/c1-2-33-22-12-16(8-10-21(22)35-24(30)17-6-4-3-5-7-17)14-26-27-23(29)15-34-20-11-9-18(28(31)32)13-19(20)25/h3-14H,2,15H2,1H3,(H,27,29)/b26-14-. The number of nitrogens with one attached hydrogen (secondary N) is 1. The summed E-state index contributed by atoms with van der Waals surface area (Å²) in [6.45, 7) is 1.79. The lowest BCUT2D eigenvalue weighted by atomic mass is 10.2. The van der Waals surface area contributed by atoms with Gasteiger partial charge in [-0.1, -0.05) is 18.2 Å². The van der Waals surface area contributed by atoms with Crippen molar-refractivity contribution in [3.8, 4) is 17.2 Å². The van der Waals surface area contributed by atoms with E-state index in [-0.39, 0.29) is 23.8 Å². The Kier molecular flexibility index (Phi) is 8.90. The van der Waals surface area contributed by atoms with E-state index in [1.165, 1.54) is 24.4 Å². The monoisotopic (exact) mass is 541 g/mol. The summed E-state index contributed by atoms with van der Waals surface area (Å²) >= 11 is 3.17. The van der Waals surface area contributed by atoms with Gasteiger partial charge in [-0.05, 0) is 64.8 Å². The van der Waals surface area contributed by atoms with Crippen LogP contribution < -0.4 is 19.6 Å². The maximum absolute atomic E-state index is 12.3.